The van der Waals surface area contributed by atoms with E-state index >= 15 is 0 Å². The highest BCUT2D eigenvalue weighted by Crippen LogP contribution is 2.24. The van der Waals surface area contributed by atoms with Crippen molar-refractivity contribution in [1.82, 2.24) is 5.32 Å². The van der Waals surface area contributed by atoms with Gasteiger partial charge in [0.05, 0.1) is 18.8 Å². The second kappa shape index (κ2) is 6.88. The lowest BCUT2D eigenvalue weighted by Gasteiger charge is -2.30. The van der Waals surface area contributed by atoms with Crippen LogP contribution >= 0.6 is 0 Å². The topological polar surface area (TPSA) is 52.5 Å². The van der Waals surface area contributed by atoms with E-state index in [0.717, 1.165) is 6.54 Å². The molecule has 0 spiro atoms. The molecule has 102 valence electrons. The van der Waals surface area contributed by atoms with E-state index in [1.54, 1.807) is 0 Å². The predicted molar refractivity (Wildman–Crippen MR) is 74.6 cm³/mol. The largest absolute Gasteiger partial charge is 0.394 e. The van der Waals surface area contributed by atoms with Crippen molar-refractivity contribution in [1.29, 1.82) is 0 Å². The maximum atomic E-state index is 9.28. The third-order valence-corrected chi connectivity index (χ3v) is 3.48. The van der Waals surface area contributed by atoms with E-state index in [4.69, 9.17) is 0 Å². The number of rotatable bonds is 7. The predicted octanol–water partition coefficient (Wildman–Crippen LogP) is 1.76. The molecule has 0 amide bonds. The van der Waals surface area contributed by atoms with Crippen molar-refractivity contribution < 1.29 is 10.2 Å². The van der Waals surface area contributed by atoms with Crippen LogP contribution in [0.5, 0.6) is 0 Å². The number of hydrogen-bond donors (Lipinski definition) is 3. The fourth-order valence-electron chi connectivity index (χ4n) is 1.96. The van der Waals surface area contributed by atoms with E-state index in [-0.39, 0.29) is 13.2 Å². The average molecular weight is 251 g/mol. The maximum absolute atomic E-state index is 9.28. The molecule has 0 radical (unpaired) electrons. The molecule has 0 saturated carbocycles. The Morgan fingerprint density at radius 2 is 1.67 bits per heavy atom. The van der Waals surface area contributed by atoms with Gasteiger partial charge in [-0.15, -0.1) is 0 Å². The molecule has 3 N–H and O–H groups in total. The summed E-state index contributed by atoms with van der Waals surface area (Å²) in [7, 11) is 0. The summed E-state index contributed by atoms with van der Waals surface area (Å²) < 4.78 is 0. The van der Waals surface area contributed by atoms with Gasteiger partial charge < -0.3 is 15.5 Å². The standard InChI is InChI=1S/C15H25NO2/c1-12(2)14(13-7-5-4-6-8-13)9-16-15(3,10-17)11-18/h4-8,12,14,16-18H,9-11H2,1-3H3. The van der Waals surface area contributed by atoms with Gasteiger partial charge in [0, 0.05) is 6.54 Å². The van der Waals surface area contributed by atoms with Crippen molar-refractivity contribution in [3.8, 4) is 0 Å². The van der Waals surface area contributed by atoms with Gasteiger partial charge >= 0.3 is 0 Å². The summed E-state index contributed by atoms with van der Waals surface area (Å²) in [4.78, 5) is 0. The van der Waals surface area contributed by atoms with Crippen molar-refractivity contribution in [3.05, 3.63) is 35.9 Å². The second-order valence-corrected chi connectivity index (χ2v) is 5.52. The minimum Gasteiger partial charge on any atom is -0.394 e. The molecule has 0 aliphatic rings. The van der Waals surface area contributed by atoms with Gasteiger partial charge in [0.1, 0.15) is 0 Å². The maximum Gasteiger partial charge on any atom is 0.0633 e. The Hall–Kier alpha value is -0.900. The second-order valence-electron chi connectivity index (χ2n) is 5.52. The summed E-state index contributed by atoms with van der Waals surface area (Å²) in [6.07, 6.45) is 0. The van der Waals surface area contributed by atoms with Gasteiger partial charge in [0.25, 0.3) is 0 Å². The molecule has 0 aromatic heterocycles. The monoisotopic (exact) mass is 251 g/mol. The minimum absolute atomic E-state index is 0.0664. The minimum atomic E-state index is -0.609. The van der Waals surface area contributed by atoms with Crippen molar-refractivity contribution in [2.45, 2.75) is 32.2 Å². The summed E-state index contributed by atoms with van der Waals surface area (Å²) in [6.45, 7) is 6.82. The summed E-state index contributed by atoms with van der Waals surface area (Å²) >= 11 is 0. The molecular weight excluding hydrogens is 226 g/mol. The smallest absolute Gasteiger partial charge is 0.0633 e. The lowest BCUT2D eigenvalue weighted by atomic mass is 9.87. The van der Waals surface area contributed by atoms with Crippen LogP contribution in [0.3, 0.4) is 0 Å². The van der Waals surface area contributed by atoms with E-state index in [1.807, 2.05) is 25.1 Å². The van der Waals surface area contributed by atoms with E-state index in [1.165, 1.54) is 5.56 Å². The number of benzene rings is 1. The van der Waals surface area contributed by atoms with Crippen LogP contribution in [-0.4, -0.2) is 35.5 Å². The Morgan fingerprint density at radius 1 is 1.11 bits per heavy atom. The molecule has 3 nitrogen and oxygen atoms in total. The number of aliphatic hydroxyl groups is 2. The van der Waals surface area contributed by atoms with Gasteiger partial charge in [-0.3, -0.25) is 0 Å². The molecule has 0 aliphatic carbocycles. The summed E-state index contributed by atoms with van der Waals surface area (Å²) in [6, 6.07) is 10.4. The summed E-state index contributed by atoms with van der Waals surface area (Å²) in [5.41, 5.74) is 0.681. The molecule has 0 aliphatic heterocycles. The van der Waals surface area contributed by atoms with Crippen LogP contribution < -0.4 is 5.32 Å². The number of nitrogens with one attached hydrogen (secondary N) is 1. The molecule has 0 bridgehead atoms. The highest BCUT2D eigenvalue weighted by atomic mass is 16.3. The van der Waals surface area contributed by atoms with Gasteiger partial charge in [-0.05, 0) is 24.3 Å². The summed E-state index contributed by atoms with van der Waals surface area (Å²) in [5, 5.41) is 21.8. The zero-order valence-electron chi connectivity index (χ0n) is 11.6. The number of aliphatic hydroxyl groups excluding tert-OH is 2. The first-order valence-corrected chi connectivity index (χ1v) is 6.54. The van der Waals surface area contributed by atoms with Gasteiger partial charge in [-0.1, -0.05) is 44.2 Å². The molecule has 1 aromatic rings. The van der Waals surface area contributed by atoms with Crippen LogP contribution in [0.15, 0.2) is 30.3 Å². The quantitative estimate of drug-likeness (QED) is 0.692. The Morgan fingerprint density at radius 3 is 2.11 bits per heavy atom. The average Bonchev–Trinajstić information content (AvgIpc) is 2.39. The van der Waals surface area contributed by atoms with Gasteiger partial charge in [-0.25, -0.2) is 0 Å². The van der Waals surface area contributed by atoms with Crippen molar-refractivity contribution in [2.75, 3.05) is 19.8 Å². The van der Waals surface area contributed by atoms with E-state index < -0.39 is 5.54 Å². The zero-order valence-corrected chi connectivity index (χ0v) is 11.6. The van der Waals surface area contributed by atoms with Crippen LogP contribution in [0.1, 0.15) is 32.3 Å². The normalized spacial score (nSPS) is 13.9. The third-order valence-electron chi connectivity index (χ3n) is 3.48. The Bertz CT molecular complexity index is 334. The first kappa shape index (κ1) is 15.2. The molecule has 1 atom stereocenters. The SMILES string of the molecule is CC(C)C(CNC(C)(CO)CO)c1ccccc1. The van der Waals surface area contributed by atoms with Gasteiger partial charge in [-0.2, -0.15) is 0 Å². The Kier molecular flexibility index (Phi) is 5.79. The van der Waals surface area contributed by atoms with E-state index in [9.17, 15) is 10.2 Å². The third kappa shape index (κ3) is 4.09. The molecule has 1 rings (SSSR count). The van der Waals surface area contributed by atoms with Crippen LogP contribution in [0, 0.1) is 5.92 Å². The lowest BCUT2D eigenvalue weighted by Crippen LogP contribution is -2.50. The van der Waals surface area contributed by atoms with Gasteiger partial charge in [0.2, 0.25) is 0 Å². The van der Waals surface area contributed by atoms with Crippen LogP contribution in [0.4, 0.5) is 0 Å². The van der Waals surface area contributed by atoms with Crippen molar-refractivity contribution in [3.63, 3.8) is 0 Å². The zero-order chi connectivity index (χ0) is 13.6. The fourth-order valence-corrected chi connectivity index (χ4v) is 1.96. The molecule has 3 heteroatoms. The highest BCUT2D eigenvalue weighted by molar-refractivity contribution is 5.20. The molecular formula is C15H25NO2. The lowest BCUT2D eigenvalue weighted by molar-refractivity contribution is 0.102. The molecule has 1 aromatic carbocycles. The Balaban J connectivity index is 2.71. The molecule has 0 saturated heterocycles. The van der Waals surface area contributed by atoms with Crippen molar-refractivity contribution in [2.24, 2.45) is 5.92 Å². The van der Waals surface area contributed by atoms with Gasteiger partial charge in [0.15, 0.2) is 0 Å². The van der Waals surface area contributed by atoms with Crippen LogP contribution in [-0.2, 0) is 0 Å². The molecule has 0 heterocycles. The first-order valence-electron chi connectivity index (χ1n) is 6.54. The Labute approximate surface area is 110 Å². The molecule has 0 fully saturated rings. The molecule has 1 unspecified atom stereocenters. The van der Waals surface area contributed by atoms with Crippen LogP contribution in [0.2, 0.25) is 0 Å². The van der Waals surface area contributed by atoms with Crippen molar-refractivity contribution >= 4 is 0 Å². The van der Waals surface area contributed by atoms with E-state index in [0.29, 0.717) is 11.8 Å². The first-order chi connectivity index (χ1) is 8.52. The van der Waals surface area contributed by atoms with E-state index in [2.05, 4.69) is 31.3 Å². The molecule has 18 heavy (non-hydrogen) atoms. The summed E-state index contributed by atoms with van der Waals surface area (Å²) in [5.74, 6) is 0.880. The highest BCUT2D eigenvalue weighted by Gasteiger charge is 2.24. The number of hydrogen-bond acceptors (Lipinski definition) is 3. The van der Waals surface area contributed by atoms with Crippen LogP contribution in [0.25, 0.3) is 0 Å². The fraction of sp³-hybridized carbons (Fsp3) is 0.600.